The maximum absolute atomic E-state index is 13.7. The molecule has 840 valence electrons. The molecule has 0 spiro atoms. The molecule has 1 aliphatic carbocycles. The van der Waals surface area contributed by atoms with Crippen LogP contribution in [0.1, 0.15) is 445 Å². The predicted molar refractivity (Wildman–Crippen MR) is 578 cm³/mol. The Morgan fingerprint density at radius 1 is 0.389 bits per heavy atom. The summed E-state index contributed by atoms with van der Waals surface area (Å²) < 4.78 is 36.1. The maximum atomic E-state index is 13.7. The molecule has 3 fully saturated rings. The number of aliphatic hydroxyl groups is 7. The average Bonchev–Trinajstić information content (AvgIpc) is 0.892. The Bertz CT molecular complexity index is 3160. The highest BCUT2D eigenvalue weighted by molar-refractivity contribution is 6.37. The van der Waals surface area contributed by atoms with E-state index >= 15 is 0 Å². The van der Waals surface area contributed by atoms with Crippen molar-refractivity contribution in [2.24, 2.45) is 34.4 Å². The van der Waals surface area contributed by atoms with Crippen molar-refractivity contribution in [2.45, 2.75) is 561 Å². The fourth-order valence-electron chi connectivity index (χ4n) is 19.1. The molecule has 23 N–H and O–H groups in total. The first-order valence-corrected chi connectivity index (χ1v) is 58.2. The summed E-state index contributed by atoms with van der Waals surface area (Å²) in [6, 6.07) is -7.00. The average molecular weight is 2050 g/mol. The molecule has 2 saturated heterocycles. The molecule has 144 heavy (non-hydrogen) atoms. The van der Waals surface area contributed by atoms with Crippen LogP contribution in [0, 0.1) is 0 Å². The van der Waals surface area contributed by atoms with Crippen LogP contribution in [-0.4, -0.2) is 269 Å². The number of hydrogen-bond donors (Lipinski definition) is 17. The van der Waals surface area contributed by atoms with Gasteiger partial charge in [-0.2, -0.15) is 0 Å². The van der Waals surface area contributed by atoms with Crippen molar-refractivity contribution in [1.82, 2.24) is 31.1 Å². The topological polar surface area (TPSA) is 510 Å². The molecule has 19 atom stereocenters. The van der Waals surface area contributed by atoms with E-state index in [0.717, 1.165) is 116 Å². The van der Waals surface area contributed by atoms with Crippen LogP contribution in [-0.2, 0) is 57.2 Å². The Hall–Kier alpha value is -4.82. The van der Waals surface area contributed by atoms with Gasteiger partial charge in [-0.3, -0.25) is 33.7 Å². The number of amides is 5. The molecule has 2 aliphatic heterocycles. The fraction of sp³-hybridized carbons (Fsp3) is 0.876. The van der Waals surface area contributed by atoms with Crippen molar-refractivity contribution in [2.75, 3.05) is 72.4 Å². The summed E-state index contributed by atoms with van der Waals surface area (Å²) in [4.78, 5) is 84.7. The SMILES string of the molecule is CCCCCCCC/C=C\CCCCCCCCN(CCCCCCCC/C=C\CCCCCCCC)CC(=O)C(=O)NCCCC[C@H](N)C(=O)NC1O[C@H](O[C@@H]2C(N)C[C@@H](N)C(O)C2OCO[C@H](CO)C(CO)O[C@H]2OC(CNC(=O)[C@@H](N)CCCCNC(=O)CCC(=O)N(CCCCCCCC/C=C\CCCCCCCC)CCCCCCCC/C=C\CCCCCCCC)[C@@H](O)C(O)C2N)C(N)C(O)[C@@H]1O. The van der Waals surface area contributed by atoms with Gasteiger partial charge < -0.3 is 125 Å². The van der Waals surface area contributed by atoms with Gasteiger partial charge in [0.1, 0.15) is 61.7 Å². The molecule has 3 aliphatic rings. The smallest absolute Gasteiger partial charge is 0.288 e. The number of nitrogens with one attached hydrogen (secondary N) is 4. The van der Waals surface area contributed by atoms with Crippen LogP contribution >= 0.6 is 0 Å². The summed E-state index contributed by atoms with van der Waals surface area (Å²) in [6.45, 7) is 9.68. The number of hydrogen-bond acceptors (Lipinski definition) is 26. The Morgan fingerprint density at radius 2 is 0.764 bits per heavy atom. The first-order valence-electron chi connectivity index (χ1n) is 58.2. The van der Waals surface area contributed by atoms with Crippen LogP contribution in [0.5, 0.6) is 0 Å². The molecular formula is C113H214N12O19. The Kier molecular flexibility index (Phi) is 83.1. The molecule has 0 bridgehead atoms. The monoisotopic (exact) mass is 2040 g/mol. The lowest BCUT2D eigenvalue weighted by atomic mass is 9.84. The van der Waals surface area contributed by atoms with E-state index in [-0.39, 0.29) is 63.6 Å². The molecule has 0 radical (unpaired) electrons. The summed E-state index contributed by atoms with van der Waals surface area (Å²) >= 11 is 0. The number of rotatable bonds is 96. The second kappa shape index (κ2) is 89.8. The van der Waals surface area contributed by atoms with Gasteiger partial charge >= 0.3 is 0 Å². The molecule has 0 aromatic carbocycles. The van der Waals surface area contributed by atoms with Gasteiger partial charge in [0, 0.05) is 57.6 Å². The summed E-state index contributed by atoms with van der Waals surface area (Å²) in [6.07, 6.45) is 69.0. The predicted octanol–water partition coefficient (Wildman–Crippen LogP) is 15.5. The molecule has 0 aromatic heterocycles. The van der Waals surface area contributed by atoms with E-state index in [1.165, 1.54) is 257 Å². The molecule has 2 heterocycles. The molecule has 10 unspecified atom stereocenters. The van der Waals surface area contributed by atoms with Crippen molar-refractivity contribution in [3.63, 3.8) is 0 Å². The van der Waals surface area contributed by atoms with Crippen LogP contribution in [0.15, 0.2) is 48.6 Å². The molecule has 3 rings (SSSR count). The second-order valence-electron chi connectivity index (χ2n) is 41.6. The minimum Gasteiger partial charge on any atom is -0.394 e. The largest absolute Gasteiger partial charge is 0.394 e. The lowest BCUT2D eigenvalue weighted by molar-refractivity contribution is -0.306. The second-order valence-corrected chi connectivity index (χ2v) is 41.6. The number of aliphatic hydroxyl groups excluding tert-OH is 7. The van der Waals surface area contributed by atoms with E-state index < -0.39 is 160 Å². The van der Waals surface area contributed by atoms with Crippen LogP contribution in [0.3, 0.4) is 0 Å². The number of allylic oxidation sites excluding steroid dienone is 8. The summed E-state index contributed by atoms with van der Waals surface area (Å²) in [5.41, 5.74) is 38.3. The summed E-state index contributed by atoms with van der Waals surface area (Å²) in [5.74, 6) is -2.73. The molecule has 0 aromatic rings. The summed E-state index contributed by atoms with van der Waals surface area (Å²) in [7, 11) is 0. The van der Waals surface area contributed by atoms with Gasteiger partial charge in [0.25, 0.3) is 5.91 Å². The van der Waals surface area contributed by atoms with Crippen LogP contribution in [0.4, 0.5) is 0 Å². The molecule has 5 amide bonds. The van der Waals surface area contributed by atoms with Gasteiger partial charge in [-0.1, -0.05) is 307 Å². The van der Waals surface area contributed by atoms with Gasteiger partial charge in [0.05, 0.1) is 50.0 Å². The van der Waals surface area contributed by atoms with Gasteiger partial charge in [-0.05, 0) is 186 Å². The van der Waals surface area contributed by atoms with Crippen molar-refractivity contribution in [3.8, 4) is 0 Å². The van der Waals surface area contributed by atoms with E-state index in [9.17, 15) is 64.5 Å². The zero-order valence-corrected chi connectivity index (χ0v) is 90.7. The van der Waals surface area contributed by atoms with Gasteiger partial charge in [-0.15, -0.1) is 0 Å². The summed E-state index contributed by atoms with van der Waals surface area (Å²) in [5, 5.41) is 88.3. The van der Waals surface area contributed by atoms with Crippen molar-refractivity contribution in [3.05, 3.63) is 48.6 Å². The normalized spacial score (nSPS) is 22.4. The van der Waals surface area contributed by atoms with Crippen LogP contribution < -0.4 is 55.7 Å². The number of carbonyl (C=O) groups excluding carboxylic acids is 6. The minimum absolute atomic E-state index is 0.00227. The highest BCUT2D eigenvalue weighted by Gasteiger charge is 2.51. The lowest BCUT2D eigenvalue weighted by Crippen LogP contribution is -2.69. The Labute approximate surface area is 871 Å². The number of carbonyl (C=O) groups is 6. The number of unbranched alkanes of at least 4 members (excludes halogenated alkanes) is 50. The third-order valence-electron chi connectivity index (χ3n) is 28.7. The first kappa shape index (κ1) is 133. The third-order valence-corrected chi connectivity index (χ3v) is 28.7. The fourth-order valence-corrected chi connectivity index (χ4v) is 19.1. The van der Waals surface area contributed by atoms with Crippen LogP contribution in [0.2, 0.25) is 0 Å². The van der Waals surface area contributed by atoms with E-state index in [1.807, 2.05) is 4.90 Å². The Morgan fingerprint density at radius 3 is 1.18 bits per heavy atom. The van der Waals surface area contributed by atoms with Crippen molar-refractivity contribution in [1.29, 1.82) is 0 Å². The first-order chi connectivity index (χ1) is 70.0. The van der Waals surface area contributed by atoms with Crippen LogP contribution in [0.25, 0.3) is 0 Å². The molecule has 31 heteroatoms. The highest BCUT2D eigenvalue weighted by atomic mass is 16.7. The van der Waals surface area contributed by atoms with E-state index in [2.05, 4.69) is 102 Å². The highest BCUT2D eigenvalue weighted by Crippen LogP contribution is 2.31. The molecular weight excluding hydrogens is 1830 g/mol. The van der Waals surface area contributed by atoms with E-state index in [1.54, 1.807) is 0 Å². The zero-order chi connectivity index (χ0) is 105. The van der Waals surface area contributed by atoms with Gasteiger partial charge in [0.2, 0.25) is 29.4 Å². The number of nitrogens with zero attached hydrogens (tertiary/aromatic N) is 2. The molecule has 1 saturated carbocycles. The zero-order valence-electron chi connectivity index (χ0n) is 90.7. The van der Waals surface area contributed by atoms with Crippen molar-refractivity contribution >= 4 is 35.3 Å². The quantitative estimate of drug-likeness (QED) is 0.0116. The van der Waals surface area contributed by atoms with Gasteiger partial charge in [-0.25, -0.2) is 0 Å². The van der Waals surface area contributed by atoms with Gasteiger partial charge in [0.15, 0.2) is 18.8 Å². The lowest BCUT2D eigenvalue weighted by Gasteiger charge is -2.47. The minimum atomic E-state index is -1.77. The van der Waals surface area contributed by atoms with E-state index in [4.69, 9.17) is 62.8 Å². The molecule has 31 nitrogen and oxygen atoms in total. The van der Waals surface area contributed by atoms with Crippen molar-refractivity contribution < 1.29 is 92.9 Å². The standard InChI is InChI=1S/C113H214N12O19/c1-5-9-13-17-21-25-29-33-37-41-45-49-53-57-61-69-79-124(80-70-62-58-54-50-46-42-38-34-30-26-22-18-14-10-6-2)85-93(128)110(138)121-78-68-66-74-90(115)109(137)123-111-105(135)104(134)100(119)113(144-111)143-106-92(117)83-91(116)101(131)107(106)140-88-139-95(86-126)96(87-127)142-112-99(118)103(133)102(132)94(141-112)84-122-108(136)89(114)73-65-67-77-120-97(129)75-76-98(130)125(81-71-63-59-55-51-47-43-39-35-31-27-23-19-15-11-7-3)82-72-64-60-56-52-48-44-40-36-32-28-24-20-16-12-8-4/h33-40,89-92,94-96,99-107,111-113,126-127,131-135H,5-32,41-88,114-119H2,1-4H3,(H,120,129)(H,121,138)(H,122,136)(H,123,137)/b37-33-,38-34-,39-35-,40-36-/t89-,90-,91+,92?,94?,95+,96?,99?,100?,101?,102+,103?,104?,105-,106+,107?,111?,112+,113-/m0/s1. The maximum Gasteiger partial charge on any atom is 0.288 e. The number of ether oxygens (including phenoxy) is 6. The number of Topliss-reactive ketones (excluding diaryl/α,β-unsaturated/α-hetero) is 1. The Balaban J connectivity index is 1.47. The number of ketones is 1. The number of nitrogens with two attached hydrogens (primary N) is 6. The van der Waals surface area contributed by atoms with E-state index in [0.29, 0.717) is 45.3 Å². The third kappa shape index (κ3) is 64.1.